The Morgan fingerprint density at radius 2 is 2.19 bits per heavy atom. The quantitative estimate of drug-likeness (QED) is 0.654. The summed E-state index contributed by atoms with van der Waals surface area (Å²) in [6.45, 7) is 5.75. The van der Waals surface area contributed by atoms with Crippen LogP contribution in [-0.2, 0) is 4.79 Å². The molecule has 1 aliphatic heterocycles. The predicted molar refractivity (Wildman–Crippen MR) is 65.2 cm³/mol. The number of carbonyl (C=O) groups excluding carboxylic acids is 1. The SMILES string of the molecule is CC[C@H](N)C(=O)NCC1CN(C)CCN1C. The number of carbonyl (C=O) groups is 1. The maximum Gasteiger partial charge on any atom is 0.236 e. The van der Waals surface area contributed by atoms with E-state index in [9.17, 15) is 4.79 Å². The lowest BCUT2D eigenvalue weighted by atomic mass is 10.1. The summed E-state index contributed by atoms with van der Waals surface area (Å²) in [7, 11) is 4.21. The zero-order valence-electron chi connectivity index (χ0n) is 10.6. The average molecular weight is 228 g/mol. The van der Waals surface area contributed by atoms with E-state index in [1.165, 1.54) is 0 Å². The third-order valence-corrected chi connectivity index (χ3v) is 3.27. The van der Waals surface area contributed by atoms with Gasteiger partial charge in [0, 0.05) is 32.2 Å². The second kappa shape index (κ2) is 6.18. The lowest BCUT2D eigenvalue weighted by Gasteiger charge is -2.37. The molecule has 1 rings (SSSR count). The summed E-state index contributed by atoms with van der Waals surface area (Å²) in [6.07, 6.45) is 0.687. The highest BCUT2D eigenvalue weighted by Gasteiger charge is 2.23. The Balaban J connectivity index is 2.33. The van der Waals surface area contributed by atoms with Crippen LogP contribution in [0, 0.1) is 0 Å². The van der Waals surface area contributed by atoms with Crippen LogP contribution in [0.1, 0.15) is 13.3 Å². The minimum absolute atomic E-state index is 0.0378. The van der Waals surface area contributed by atoms with Crippen molar-refractivity contribution in [2.75, 3.05) is 40.3 Å². The van der Waals surface area contributed by atoms with Gasteiger partial charge in [-0.2, -0.15) is 0 Å². The lowest BCUT2D eigenvalue weighted by molar-refractivity contribution is -0.122. The number of amides is 1. The number of rotatable bonds is 4. The molecule has 0 aromatic rings. The van der Waals surface area contributed by atoms with Gasteiger partial charge in [0.2, 0.25) is 5.91 Å². The van der Waals surface area contributed by atoms with Gasteiger partial charge in [-0.25, -0.2) is 0 Å². The maximum absolute atomic E-state index is 11.5. The summed E-state index contributed by atoms with van der Waals surface area (Å²) in [5.74, 6) is -0.0378. The van der Waals surface area contributed by atoms with E-state index in [1.807, 2.05) is 6.92 Å². The van der Waals surface area contributed by atoms with Crippen LogP contribution in [0.2, 0.25) is 0 Å². The number of likely N-dealkylation sites (N-methyl/N-ethyl adjacent to an activating group) is 2. The molecule has 94 valence electrons. The van der Waals surface area contributed by atoms with E-state index >= 15 is 0 Å². The molecule has 1 fully saturated rings. The Kier molecular flexibility index (Phi) is 5.18. The van der Waals surface area contributed by atoms with Gasteiger partial charge in [-0.05, 0) is 20.5 Å². The molecule has 1 unspecified atom stereocenters. The van der Waals surface area contributed by atoms with Crippen molar-refractivity contribution in [1.82, 2.24) is 15.1 Å². The van der Waals surface area contributed by atoms with E-state index in [1.54, 1.807) is 0 Å². The first-order valence-corrected chi connectivity index (χ1v) is 5.96. The zero-order valence-corrected chi connectivity index (χ0v) is 10.6. The summed E-state index contributed by atoms with van der Waals surface area (Å²) in [4.78, 5) is 16.1. The Morgan fingerprint density at radius 1 is 1.50 bits per heavy atom. The first-order valence-electron chi connectivity index (χ1n) is 5.96. The summed E-state index contributed by atoms with van der Waals surface area (Å²) in [5, 5.41) is 2.92. The Morgan fingerprint density at radius 3 is 2.81 bits per heavy atom. The second-order valence-electron chi connectivity index (χ2n) is 4.66. The van der Waals surface area contributed by atoms with Gasteiger partial charge in [-0.1, -0.05) is 6.92 Å². The molecule has 1 heterocycles. The monoisotopic (exact) mass is 228 g/mol. The fraction of sp³-hybridized carbons (Fsp3) is 0.909. The molecule has 1 aliphatic rings. The molecule has 0 aromatic carbocycles. The Hall–Kier alpha value is -0.650. The smallest absolute Gasteiger partial charge is 0.236 e. The van der Waals surface area contributed by atoms with E-state index in [4.69, 9.17) is 5.73 Å². The Labute approximate surface area is 98.0 Å². The molecule has 5 nitrogen and oxygen atoms in total. The van der Waals surface area contributed by atoms with E-state index in [-0.39, 0.29) is 11.9 Å². The van der Waals surface area contributed by atoms with Crippen LogP contribution in [0.4, 0.5) is 0 Å². The molecular formula is C11H24N4O. The molecule has 0 aromatic heterocycles. The fourth-order valence-electron chi connectivity index (χ4n) is 1.86. The van der Waals surface area contributed by atoms with Gasteiger partial charge in [0.25, 0.3) is 0 Å². The number of hydrogen-bond donors (Lipinski definition) is 2. The standard InChI is InChI=1S/C11H24N4O/c1-4-10(12)11(16)13-7-9-8-14(2)5-6-15(9)3/h9-10H,4-8,12H2,1-3H3,(H,13,16)/t9?,10-/m0/s1. The molecule has 1 saturated heterocycles. The third kappa shape index (κ3) is 3.73. The zero-order chi connectivity index (χ0) is 12.1. The summed E-state index contributed by atoms with van der Waals surface area (Å²) in [5.41, 5.74) is 5.66. The van der Waals surface area contributed by atoms with Crippen LogP contribution >= 0.6 is 0 Å². The van der Waals surface area contributed by atoms with Gasteiger partial charge in [0.05, 0.1) is 6.04 Å². The predicted octanol–water partition coefficient (Wildman–Crippen LogP) is -0.914. The van der Waals surface area contributed by atoms with Crippen molar-refractivity contribution in [1.29, 1.82) is 0 Å². The van der Waals surface area contributed by atoms with Crippen molar-refractivity contribution in [2.24, 2.45) is 5.73 Å². The van der Waals surface area contributed by atoms with Gasteiger partial charge < -0.3 is 16.0 Å². The Bertz CT molecular complexity index is 234. The van der Waals surface area contributed by atoms with Gasteiger partial charge in [-0.3, -0.25) is 9.69 Å². The van der Waals surface area contributed by atoms with Crippen molar-refractivity contribution in [2.45, 2.75) is 25.4 Å². The van der Waals surface area contributed by atoms with Crippen LogP contribution in [0.25, 0.3) is 0 Å². The highest BCUT2D eigenvalue weighted by molar-refractivity contribution is 5.81. The highest BCUT2D eigenvalue weighted by atomic mass is 16.2. The van der Waals surface area contributed by atoms with Crippen molar-refractivity contribution in [3.05, 3.63) is 0 Å². The molecule has 0 radical (unpaired) electrons. The number of piperazine rings is 1. The largest absolute Gasteiger partial charge is 0.353 e. The molecule has 0 saturated carbocycles. The molecule has 3 N–H and O–H groups in total. The van der Waals surface area contributed by atoms with Crippen LogP contribution < -0.4 is 11.1 Å². The van der Waals surface area contributed by atoms with Gasteiger partial charge >= 0.3 is 0 Å². The van der Waals surface area contributed by atoms with Crippen molar-refractivity contribution < 1.29 is 4.79 Å². The average Bonchev–Trinajstić information content (AvgIpc) is 2.28. The minimum Gasteiger partial charge on any atom is -0.353 e. The van der Waals surface area contributed by atoms with Crippen molar-refractivity contribution in [3.63, 3.8) is 0 Å². The van der Waals surface area contributed by atoms with E-state index in [2.05, 4.69) is 29.2 Å². The molecule has 2 atom stereocenters. The van der Waals surface area contributed by atoms with E-state index in [0.717, 1.165) is 19.6 Å². The van der Waals surface area contributed by atoms with Crippen LogP contribution in [0.5, 0.6) is 0 Å². The van der Waals surface area contributed by atoms with Crippen molar-refractivity contribution >= 4 is 5.91 Å². The molecule has 0 spiro atoms. The minimum atomic E-state index is -0.369. The molecule has 16 heavy (non-hydrogen) atoms. The number of nitrogens with one attached hydrogen (secondary N) is 1. The molecule has 1 amide bonds. The molecule has 5 heteroatoms. The van der Waals surface area contributed by atoms with Crippen LogP contribution in [-0.4, -0.2) is 68.1 Å². The van der Waals surface area contributed by atoms with Gasteiger partial charge in [-0.15, -0.1) is 0 Å². The molecular weight excluding hydrogens is 204 g/mol. The first kappa shape index (κ1) is 13.4. The van der Waals surface area contributed by atoms with E-state index in [0.29, 0.717) is 19.0 Å². The topological polar surface area (TPSA) is 61.6 Å². The lowest BCUT2D eigenvalue weighted by Crippen LogP contribution is -2.55. The molecule has 0 aliphatic carbocycles. The second-order valence-corrected chi connectivity index (χ2v) is 4.66. The fourth-order valence-corrected chi connectivity index (χ4v) is 1.86. The number of nitrogens with zero attached hydrogens (tertiary/aromatic N) is 2. The van der Waals surface area contributed by atoms with Crippen molar-refractivity contribution in [3.8, 4) is 0 Å². The normalized spacial score (nSPS) is 25.4. The molecule has 0 bridgehead atoms. The van der Waals surface area contributed by atoms with E-state index < -0.39 is 0 Å². The summed E-state index contributed by atoms with van der Waals surface area (Å²) < 4.78 is 0. The number of nitrogens with two attached hydrogens (primary N) is 1. The van der Waals surface area contributed by atoms with Gasteiger partial charge in [0.15, 0.2) is 0 Å². The maximum atomic E-state index is 11.5. The third-order valence-electron chi connectivity index (χ3n) is 3.27. The highest BCUT2D eigenvalue weighted by Crippen LogP contribution is 2.04. The van der Waals surface area contributed by atoms with Crippen LogP contribution in [0.3, 0.4) is 0 Å². The van der Waals surface area contributed by atoms with Crippen LogP contribution in [0.15, 0.2) is 0 Å². The summed E-state index contributed by atoms with van der Waals surface area (Å²) >= 11 is 0. The van der Waals surface area contributed by atoms with Gasteiger partial charge in [0.1, 0.15) is 0 Å². The summed E-state index contributed by atoms with van der Waals surface area (Å²) in [6, 6.07) is 0.0263. The first-order chi connectivity index (χ1) is 7.54. The number of hydrogen-bond acceptors (Lipinski definition) is 4.